The first-order valence-electron chi connectivity index (χ1n) is 1.99. The van der Waals surface area contributed by atoms with Crippen molar-refractivity contribution < 1.29 is 5.02 Å². The lowest BCUT2D eigenvalue weighted by molar-refractivity contribution is 0.563. The minimum atomic E-state index is 0.343. The van der Waals surface area contributed by atoms with Gasteiger partial charge in [0.15, 0.2) is 0 Å². The summed E-state index contributed by atoms with van der Waals surface area (Å²) in [5.74, 6) is 0. The van der Waals surface area contributed by atoms with E-state index < -0.39 is 0 Å². The van der Waals surface area contributed by atoms with Gasteiger partial charge in [-0.15, -0.1) is 0 Å². The molecular weight excluding hydrogens is 76.9 g/mol. The standard InChI is InChI=1S/C3H9BNO/c1-3(2)5-4-6/h3,5-6H,1-2H3. The fourth-order valence-corrected chi connectivity index (χ4v) is 0.149. The molecule has 2 N–H and O–H groups in total. The summed E-state index contributed by atoms with van der Waals surface area (Å²) >= 11 is 0. The van der Waals surface area contributed by atoms with Crippen molar-refractivity contribution in [3.63, 3.8) is 0 Å². The van der Waals surface area contributed by atoms with Crippen molar-refractivity contribution in [1.29, 1.82) is 0 Å². The lowest BCUT2D eigenvalue weighted by Gasteiger charge is -1.98. The Bertz CT molecular complexity index is 32.0. The molecule has 6 heavy (non-hydrogen) atoms. The second-order valence-corrected chi connectivity index (χ2v) is 1.45. The van der Waals surface area contributed by atoms with Gasteiger partial charge in [-0.2, -0.15) is 0 Å². The third kappa shape index (κ3) is 3.98. The quantitative estimate of drug-likeness (QED) is 0.444. The Morgan fingerprint density at radius 2 is 2.17 bits per heavy atom. The zero-order chi connectivity index (χ0) is 4.99. The average Bonchev–Trinajstić information content (AvgIpc) is 1.35. The fourth-order valence-electron chi connectivity index (χ4n) is 0.149. The van der Waals surface area contributed by atoms with Crippen molar-refractivity contribution in [2.45, 2.75) is 19.9 Å². The molecule has 2 nitrogen and oxygen atoms in total. The first-order chi connectivity index (χ1) is 2.77. The van der Waals surface area contributed by atoms with Crippen LogP contribution in [0.3, 0.4) is 0 Å². The van der Waals surface area contributed by atoms with E-state index in [2.05, 4.69) is 5.23 Å². The molecule has 0 atom stereocenters. The van der Waals surface area contributed by atoms with Crippen LogP contribution in [0.15, 0.2) is 0 Å². The minimum absolute atomic E-state index is 0.343. The highest BCUT2D eigenvalue weighted by molar-refractivity contribution is 6.21. The molecule has 0 bridgehead atoms. The SMILES string of the molecule is CC(C)N[B]O. The number of nitrogens with one attached hydrogen (secondary N) is 1. The summed E-state index contributed by atoms with van der Waals surface area (Å²) in [5.41, 5.74) is 0. The molecule has 0 aromatic carbocycles. The van der Waals surface area contributed by atoms with Gasteiger partial charge in [0.2, 0.25) is 0 Å². The Kier molecular flexibility index (Phi) is 3.18. The lowest BCUT2D eigenvalue weighted by Crippen LogP contribution is -2.26. The molecular formula is C3H9BNO. The average molecular weight is 85.9 g/mol. The van der Waals surface area contributed by atoms with Gasteiger partial charge in [-0.1, -0.05) is 13.8 Å². The van der Waals surface area contributed by atoms with Gasteiger partial charge in [-0.05, 0) is 6.04 Å². The van der Waals surface area contributed by atoms with Crippen molar-refractivity contribution in [3.05, 3.63) is 0 Å². The summed E-state index contributed by atoms with van der Waals surface area (Å²) in [6.45, 7) is 3.90. The van der Waals surface area contributed by atoms with Crippen LogP contribution >= 0.6 is 0 Å². The molecule has 1 radical (unpaired) electrons. The van der Waals surface area contributed by atoms with Gasteiger partial charge >= 0.3 is 7.62 Å². The molecule has 0 unspecified atom stereocenters. The van der Waals surface area contributed by atoms with E-state index in [-0.39, 0.29) is 0 Å². The van der Waals surface area contributed by atoms with Crippen LogP contribution in [0.4, 0.5) is 0 Å². The van der Waals surface area contributed by atoms with E-state index in [9.17, 15) is 0 Å². The molecule has 0 heterocycles. The molecule has 0 aromatic heterocycles. The fraction of sp³-hybridized carbons (Fsp3) is 1.00. The van der Waals surface area contributed by atoms with Crippen molar-refractivity contribution in [2.24, 2.45) is 0 Å². The van der Waals surface area contributed by atoms with Crippen LogP contribution in [0.25, 0.3) is 0 Å². The molecule has 0 fully saturated rings. The van der Waals surface area contributed by atoms with Crippen LogP contribution in [0, 0.1) is 0 Å². The zero-order valence-electron chi connectivity index (χ0n) is 4.10. The molecule has 0 saturated carbocycles. The second-order valence-electron chi connectivity index (χ2n) is 1.45. The molecule has 3 heteroatoms. The highest BCUT2D eigenvalue weighted by Gasteiger charge is 1.86. The monoisotopic (exact) mass is 86.1 g/mol. The number of hydrogen-bond acceptors (Lipinski definition) is 2. The highest BCUT2D eigenvalue weighted by Crippen LogP contribution is 1.68. The van der Waals surface area contributed by atoms with E-state index in [1.54, 1.807) is 0 Å². The zero-order valence-corrected chi connectivity index (χ0v) is 4.10. The molecule has 35 valence electrons. The summed E-state index contributed by atoms with van der Waals surface area (Å²) in [4.78, 5) is 0. The molecule has 0 spiro atoms. The van der Waals surface area contributed by atoms with Gasteiger partial charge in [-0.3, -0.25) is 0 Å². The van der Waals surface area contributed by atoms with Gasteiger partial charge in [0.1, 0.15) is 0 Å². The third-order valence-corrected chi connectivity index (χ3v) is 0.408. The van der Waals surface area contributed by atoms with E-state index in [0.717, 1.165) is 7.62 Å². The van der Waals surface area contributed by atoms with Gasteiger partial charge in [-0.25, -0.2) is 0 Å². The highest BCUT2D eigenvalue weighted by atomic mass is 16.2. The van der Waals surface area contributed by atoms with E-state index in [1.165, 1.54) is 0 Å². The maximum atomic E-state index is 8.00. The van der Waals surface area contributed by atoms with Crippen molar-refractivity contribution >= 4 is 7.62 Å². The predicted octanol–water partition coefficient (Wildman–Crippen LogP) is -0.489. The van der Waals surface area contributed by atoms with E-state index in [4.69, 9.17) is 5.02 Å². The van der Waals surface area contributed by atoms with Gasteiger partial charge in [0.25, 0.3) is 0 Å². The van der Waals surface area contributed by atoms with Crippen LogP contribution in [-0.2, 0) is 0 Å². The summed E-state index contributed by atoms with van der Waals surface area (Å²) in [6, 6.07) is 0.343. The van der Waals surface area contributed by atoms with Crippen LogP contribution < -0.4 is 5.23 Å². The van der Waals surface area contributed by atoms with Gasteiger partial charge in [0, 0.05) is 0 Å². The maximum Gasteiger partial charge on any atom is 0.393 e. The minimum Gasteiger partial charge on any atom is -0.440 e. The largest absolute Gasteiger partial charge is 0.440 e. The van der Waals surface area contributed by atoms with Crippen molar-refractivity contribution in [2.75, 3.05) is 0 Å². The summed E-state index contributed by atoms with van der Waals surface area (Å²) in [7, 11) is 0.949. The molecule has 0 rings (SSSR count). The normalized spacial score (nSPS) is 9.33. The summed E-state index contributed by atoms with van der Waals surface area (Å²) < 4.78 is 0. The van der Waals surface area contributed by atoms with Crippen LogP contribution in [0.2, 0.25) is 0 Å². The molecule has 0 aliphatic rings. The third-order valence-electron chi connectivity index (χ3n) is 0.408. The molecule has 0 aromatic rings. The van der Waals surface area contributed by atoms with Crippen LogP contribution in [0.5, 0.6) is 0 Å². The first kappa shape index (κ1) is 5.98. The maximum absolute atomic E-state index is 8.00. The van der Waals surface area contributed by atoms with Crippen LogP contribution in [0.1, 0.15) is 13.8 Å². The Morgan fingerprint density at radius 3 is 2.17 bits per heavy atom. The van der Waals surface area contributed by atoms with E-state index >= 15 is 0 Å². The smallest absolute Gasteiger partial charge is 0.393 e. The Balaban J connectivity index is 2.63. The second kappa shape index (κ2) is 3.19. The summed E-state index contributed by atoms with van der Waals surface area (Å²) in [6.07, 6.45) is 0. The topological polar surface area (TPSA) is 32.3 Å². The van der Waals surface area contributed by atoms with Gasteiger partial charge in [0.05, 0.1) is 0 Å². The number of rotatable bonds is 2. The van der Waals surface area contributed by atoms with Gasteiger partial charge < -0.3 is 10.3 Å². The Morgan fingerprint density at radius 1 is 1.67 bits per heavy atom. The molecule has 0 saturated heterocycles. The molecule has 0 aliphatic heterocycles. The Labute approximate surface area is 38.9 Å². The van der Waals surface area contributed by atoms with Crippen LogP contribution in [-0.4, -0.2) is 18.7 Å². The first-order valence-corrected chi connectivity index (χ1v) is 1.99. The molecule has 0 aliphatic carbocycles. The van der Waals surface area contributed by atoms with E-state index in [1.807, 2.05) is 13.8 Å². The Hall–Kier alpha value is -0.0151. The lowest BCUT2D eigenvalue weighted by atomic mass is 10.2. The van der Waals surface area contributed by atoms with Crippen molar-refractivity contribution in [3.8, 4) is 0 Å². The molecule has 0 amide bonds. The van der Waals surface area contributed by atoms with E-state index in [0.29, 0.717) is 6.04 Å². The summed E-state index contributed by atoms with van der Waals surface area (Å²) in [5, 5.41) is 10.6. The number of hydrogen-bond donors (Lipinski definition) is 2. The predicted molar refractivity (Wildman–Crippen MR) is 26.2 cm³/mol. The van der Waals surface area contributed by atoms with Crippen molar-refractivity contribution in [1.82, 2.24) is 5.23 Å².